The summed E-state index contributed by atoms with van der Waals surface area (Å²) in [5.41, 5.74) is 2.79. The van der Waals surface area contributed by atoms with E-state index in [0.29, 0.717) is 31.1 Å². The van der Waals surface area contributed by atoms with E-state index >= 15 is 0 Å². The van der Waals surface area contributed by atoms with E-state index < -0.39 is 18.0 Å². The van der Waals surface area contributed by atoms with Crippen molar-refractivity contribution in [3.8, 4) is 0 Å². The molecule has 1 saturated heterocycles. The molecule has 2 heterocycles. The Labute approximate surface area is 218 Å². The Kier molecular flexibility index (Phi) is 8.58. The summed E-state index contributed by atoms with van der Waals surface area (Å²) in [4.78, 5) is 49.2. The molecule has 0 bridgehead atoms. The summed E-state index contributed by atoms with van der Waals surface area (Å²) in [6, 6.07) is 16.2. The Balaban J connectivity index is 1.47. The number of rotatable bonds is 10. The monoisotopic (exact) mass is 503 g/mol. The normalized spacial score (nSPS) is 17.1. The van der Waals surface area contributed by atoms with E-state index in [9.17, 15) is 14.4 Å². The topological polar surface area (TPSA) is 107 Å². The predicted octanol–water partition coefficient (Wildman–Crippen LogP) is 4.41. The molecule has 1 aliphatic rings. The average molecular weight is 504 g/mol. The Morgan fingerprint density at radius 3 is 2.49 bits per heavy atom. The summed E-state index contributed by atoms with van der Waals surface area (Å²) in [6.07, 6.45) is 2.73. The first-order valence-electron chi connectivity index (χ1n) is 13.2. The number of fused-ring (bicyclic) bond motifs is 1. The van der Waals surface area contributed by atoms with Crippen LogP contribution in [0.1, 0.15) is 76.3 Å². The number of hydrogen-bond acceptors (Lipinski definition) is 4. The van der Waals surface area contributed by atoms with Crippen LogP contribution in [0.3, 0.4) is 0 Å². The van der Waals surface area contributed by atoms with Crippen molar-refractivity contribution >= 4 is 28.8 Å². The summed E-state index contributed by atoms with van der Waals surface area (Å²) in [6.45, 7) is 6.57. The molecule has 0 aliphatic carbocycles. The minimum absolute atomic E-state index is 0.0106. The molecule has 0 spiro atoms. The number of aromatic amines is 1. The molecule has 3 aromatic rings. The number of likely N-dealkylation sites (tertiary alicyclic amines) is 1. The van der Waals surface area contributed by atoms with Crippen molar-refractivity contribution in [1.82, 2.24) is 25.5 Å². The standard InChI is InChI=1S/C29H37N5O3/c1-19(2)15-16-26(35)31-24(18-27(36)34-17-9-14-25(34)21-10-5-4-6-11-21)29(37)30-20(3)28-32-22-12-7-8-13-23(22)33-28/h4-8,10-13,19-20,24-25H,9,14-18H2,1-3H3,(H,30,37)(H,31,35)(H,32,33)/t20?,24-,25+/m0/s1. The van der Waals surface area contributed by atoms with Gasteiger partial charge in [0.05, 0.1) is 29.5 Å². The van der Waals surface area contributed by atoms with Gasteiger partial charge < -0.3 is 20.5 Å². The highest BCUT2D eigenvalue weighted by molar-refractivity contribution is 5.92. The lowest BCUT2D eigenvalue weighted by Gasteiger charge is -2.28. The predicted molar refractivity (Wildman–Crippen MR) is 143 cm³/mol. The number of para-hydroxylation sites is 2. The molecule has 2 aromatic carbocycles. The second-order valence-electron chi connectivity index (χ2n) is 10.3. The number of hydrogen-bond donors (Lipinski definition) is 3. The largest absolute Gasteiger partial charge is 0.345 e. The molecule has 1 aliphatic heterocycles. The molecule has 1 fully saturated rings. The third-order valence-electron chi connectivity index (χ3n) is 6.91. The van der Waals surface area contributed by atoms with Crippen molar-refractivity contribution < 1.29 is 14.4 Å². The van der Waals surface area contributed by atoms with Crippen LogP contribution in [0.15, 0.2) is 54.6 Å². The summed E-state index contributed by atoms with van der Waals surface area (Å²) in [5.74, 6) is 0.235. The maximum absolute atomic E-state index is 13.4. The van der Waals surface area contributed by atoms with Gasteiger partial charge in [-0.2, -0.15) is 0 Å². The lowest BCUT2D eigenvalue weighted by Crippen LogP contribution is -2.50. The van der Waals surface area contributed by atoms with Gasteiger partial charge in [0.15, 0.2) is 0 Å². The maximum Gasteiger partial charge on any atom is 0.243 e. The second-order valence-corrected chi connectivity index (χ2v) is 10.3. The van der Waals surface area contributed by atoms with Gasteiger partial charge in [0.2, 0.25) is 17.7 Å². The highest BCUT2D eigenvalue weighted by atomic mass is 16.2. The fourth-order valence-electron chi connectivity index (χ4n) is 4.83. The van der Waals surface area contributed by atoms with E-state index in [1.165, 1.54) is 0 Å². The van der Waals surface area contributed by atoms with Gasteiger partial charge in [0.1, 0.15) is 11.9 Å². The number of imidazole rings is 1. The molecule has 0 radical (unpaired) electrons. The van der Waals surface area contributed by atoms with E-state index in [2.05, 4.69) is 20.6 Å². The number of amides is 3. The van der Waals surface area contributed by atoms with Crippen LogP contribution in [-0.2, 0) is 14.4 Å². The molecule has 1 aromatic heterocycles. The fraction of sp³-hybridized carbons (Fsp3) is 0.448. The van der Waals surface area contributed by atoms with Crippen LogP contribution >= 0.6 is 0 Å². The first-order chi connectivity index (χ1) is 17.8. The molecule has 196 valence electrons. The number of nitrogens with zero attached hydrogens (tertiary/aromatic N) is 2. The molecule has 3 amide bonds. The number of carbonyl (C=O) groups excluding carboxylic acids is 3. The van der Waals surface area contributed by atoms with Crippen LogP contribution in [-0.4, -0.2) is 45.2 Å². The van der Waals surface area contributed by atoms with Gasteiger partial charge in [-0.05, 0) is 49.8 Å². The zero-order valence-electron chi connectivity index (χ0n) is 21.9. The molecule has 0 saturated carbocycles. The van der Waals surface area contributed by atoms with Crippen LogP contribution in [0.5, 0.6) is 0 Å². The molecule has 8 nitrogen and oxygen atoms in total. The molecular weight excluding hydrogens is 466 g/mol. The van der Waals surface area contributed by atoms with Crippen LogP contribution in [0.4, 0.5) is 0 Å². The number of H-pyrrole nitrogens is 1. The zero-order chi connectivity index (χ0) is 26.4. The quantitative estimate of drug-likeness (QED) is 0.381. The Bertz CT molecular complexity index is 1190. The second kappa shape index (κ2) is 12.0. The summed E-state index contributed by atoms with van der Waals surface area (Å²) in [5, 5.41) is 5.78. The molecule has 1 unspecified atom stereocenters. The van der Waals surface area contributed by atoms with Crippen LogP contribution in [0.25, 0.3) is 11.0 Å². The van der Waals surface area contributed by atoms with E-state index in [0.717, 1.165) is 29.4 Å². The summed E-state index contributed by atoms with van der Waals surface area (Å²) < 4.78 is 0. The van der Waals surface area contributed by atoms with Crippen molar-refractivity contribution in [2.24, 2.45) is 5.92 Å². The Morgan fingerprint density at radius 2 is 1.76 bits per heavy atom. The van der Waals surface area contributed by atoms with Gasteiger partial charge in [-0.25, -0.2) is 4.98 Å². The summed E-state index contributed by atoms with van der Waals surface area (Å²) >= 11 is 0. The number of benzene rings is 2. The Morgan fingerprint density at radius 1 is 1.03 bits per heavy atom. The lowest BCUT2D eigenvalue weighted by atomic mass is 10.0. The molecule has 8 heteroatoms. The number of carbonyl (C=O) groups is 3. The van der Waals surface area contributed by atoms with Gasteiger partial charge >= 0.3 is 0 Å². The van der Waals surface area contributed by atoms with E-state index in [1.54, 1.807) is 0 Å². The minimum atomic E-state index is -0.962. The van der Waals surface area contributed by atoms with Gasteiger partial charge in [-0.3, -0.25) is 14.4 Å². The fourth-order valence-corrected chi connectivity index (χ4v) is 4.83. The van der Waals surface area contributed by atoms with Crippen LogP contribution < -0.4 is 10.6 Å². The number of nitrogens with one attached hydrogen (secondary N) is 3. The van der Waals surface area contributed by atoms with Crippen molar-refractivity contribution in [2.75, 3.05) is 6.54 Å². The van der Waals surface area contributed by atoms with E-state index in [4.69, 9.17) is 0 Å². The molecule has 3 atom stereocenters. The average Bonchev–Trinajstić information content (AvgIpc) is 3.55. The highest BCUT2D eigenvalue weighted by Gasteiger charge is 2.33. The minimum Gasteiger partial charge on any atom is -0.345 e. The van der Waals surface area contributed by atoms with E-state index in [-0.39, 0.29) is 24.3 Å². The molecular formula is C29H37N5O3. The Hall–Kier alpha value is -3.68. The van der Waals surface area contributed by atoms with Crippen LogP contribution in [0.2, 0.25) is 0 Å². The van der Waals surface area contributed by atoms with Crippen molar-refractivity contribution in [1.29, 1.82) is 0 Å². The van der Waals surface area contributed by atoms with Gasteiger partial charge in [-0.15, -0.1) is 0 Å². The van der Waals surface area contributed by atoms with Gasteiger partial charge in [0, 0.05) is 13.0 Å². The first-order valence-corrected chi connectivity index (χ1v) is 13.2. The van der Waals surface area contributed by atoms with Crippen molar-refractivity contribution in [2.45, 2.75) is 71.0 Å². The zero-order valence-corrected chi connectivity index (χ0v) is 21.9. The van der Waals surface area contributed by atoms with Gasteiger partial charge in [0.25, 0.3) is 0 Å². The lowest BCUT2D eigenvalue weighted by molar-refractivity contribution is -0.137. The maximum atomic E-state index is 13.4. The number of aromatic nitrogens is 2. The van der Waals surface area contributed by atoms with Crippen molar-refractivity contribution in [3.05, 3.63) is 66.0 Å². The molecule has 4 rings (SSSR count). The molecule has 3 N–H and O–H groups in total. The highest BCUT2D eigenvalue weighted by Crippen LogP contribution is 2.32. The first kappa shape index (κ1) is 26.4. The van der Waals surface area contributed by atoms with Crippen molar-refractivity contribution in [3.63, 3.8) is 0 Å². The van der Waals surface area contributed by atoms with E-state index in [1.807, 2.05) is 80.3 Å². The smallest absolute Gasteiger partial charge is 0.243 e. The molecule has 37 heavy (non-hydrogen) atoms. The third-order valence-corrected chi connectivity index (χ3v) is 6.91. The van der Waals surface area contributed by atoms with Crippen LogP contribution in [0, 0.1) is 5.92 Å². The van der Waals surface area contributed by atoms with Gasteiger partial charge in [-0.1, -0.05) is 56.3 Å². The third kappa shape index (κ3) is 6.76. The summed E-state index contributed by atoms with van der Waals surface area (Å²) in [7, 11) is 0. The SMILES string of the molecule is CC(C)CCC(=O)N[C@@H](CC(=O)N1CCC[C@@H]1c1ccccc1)C(=O)NC(C)c1nc2ccccc2[nH]1.